The van der Waals surface area contributed by atoms with Crippen LogP contribution in [0.5, 0.6) is 0 Å². The minimum absolute atomic E-state index is 0.300. The van der Waals surface area contributed by atoms with Crippen LogP contribution >= 0.6 is 0 Å². The van der Waals surface area contributed by atoms with Crippen molar-refractivity contribution in [3.05, 3.63) is 77.7 Å². The van der Waals surface area contributed by atoms with E-state index >= 15 is 0 Å². The molecule has 0 atom stereocenters. The van der Waals surface area contributed by atoms with Crippen LogP contribution in [0.15, 0.2) is 60.7 Å². The molecule has 0 saturated heterocycles. The van der Waals surface area contributed by atoms with Gasteiger partial charge >= 0.3 is 0 Å². The van der Waals surface area contributed by atoms with Crippen molar-refractivity contribution in [3.8, 4) is 0 Å². The second-order valence-corrected chi connectivity index (χ2v) is 4.29. The first-order valence-electron chi connectivity index (χ1n) is 6.11. The average molecular weight is 249 g/mol. The minimum atomic E-state index is -0.300. The number of hydrogen-bond donors (Lipinski definition) is 0. The van der Waals surface area contributed by atoms with Gasteiger partial charge in [0, 0.05) is 5.39 Å². The summed E-state index contributed by atoms with van der Waals surface area (Å²) in [6.45, 7) is 0. The summed E-state index contributed by atoms with van der Waals surface area (Å²) in [5, 5.41) is 0.817. The normalized spacial score (nSPS) is 11.2. The van der Waals surface area contributed by atoms with Crippen molar-refractivity contribution in [3.63, 3.8) is 0 Å². The summed E-state index contributed by atoms with van der Waals surface area (Å²) < 4.78 is 13.9. The van der Waals surface area contributed by atoms with E-state index in [4.69, 9.17) is 0 Å². The van der Waals surface area contributed by atoms with Crippen molar-refractivity contribution in [1.29, 1.82) is 0 Å². The molecule has 0 aliphatic carbocycles. The van der Waals surface area contributed by atoms with Crippen LogP contribution in [0.25, 0.3) is 23.1 Å². The molecule has 1 nitrogen and oxygen atoms in total. The molecule has 2 heteroatoms. The van der Waals surface area contributed by atoms with Crippen molar-refractivity contribution in [2.24, 2.45) is 0 Å². The fraction of sp³-hybridized carbons (Fsp3) is 0. The Morgan fingerprint density at radius 2 is 1.58 bits per heavy atom. The van der Waals surface area contributed by atoms with Crippen LogP contribution in [-0.2, 0) is 0 Å². The van der Waals surface area contributed by atoms with E-state index in [2.05, 4.69) is 4.98 Å². The number of pyridine rings is 1. The lowest BCUT2D eigenvalue weighted by molar-refractivity contribution is 0.621. The summed E-state index contributed by atoms with van der Waals surface area (Å²) in [4.78, 5) is 4.33. The van der Waals surface area contributed by atoms with Crippen LogP contribution in [0, 0.1) is 5.82 Å². The number of aromatic nitrogens is 1. The monoisotopic (exact) mass is 249 g/mol. The summed E-state index contributed by atoms with van der Waals surface area (Å²) in [6.07, 6.45) is 3.57. The van der Waals surface area contributed by atoms with Crippen LogP contribution in [0.4, 0.5) is 4.39 Å². The van der Waals surface area contributed by atoms with E-state index in [0.717, 1.165) is 16.5 Å². The minimum Gasteiger partial charge on any atom is -0.245 e. The van der Waals surface area contributed by atoms with Gasteiger partial charge in [-0.25, -0.2) is 9.37 Å². The number of para-hydroxylation sites is 1. The van der Waals surface area contributed by atoms with E-state index in [-0.39, 0.29) is 5.82 Å². The van der Waals surface area contributed by atoms with Gasteiger partial charge in [-0.2, -0.15) is 0 Å². The smallest absolute Gasteiger partial charge is 0.149 e. The van der Waals surface area contributed by atoms with Gasteiger partial charge in [0.05, 0.1) is 11.2 Å². The first-order chi connectivity index (χ1) is 9.33. The topological polar surface area (TPSA) is 12.9 Å². The van der Waals surface area contributed by atoms with Gasteiger partial charge in [-0.15, -0.1) is 0 Å². The van der Waals surface area contributed by atoms with E-state index in [1.807, 2.05) is 60.7 Å². The number of hydrogen-bond acceptors (Lipinski definition) is 1. The van der Waals surface area contributed by atoms with Crippen molar-refractivity contribution >= 4 is 23.1 Å². The Balaban J connectivity index is 2.01. The molecule has 2 aromatic carbocycles. The number of nitrogens with zero attached hydrogens (tertiary/aromatic N) is 1. The fourth-order valence-corrected chi connectivity index (χ4v) is 1.96. The molecule has 92 valence electrons. The summed E-state index contributed by atoms with van der Waals surface area (Å²) in [7, 11) is 0. The van der Waals surface area contributed by atoms with Crippen molar-refractivity contribution in [1.82, 2.24) is 4.98 Å². The zero-order valence-electron chi connectivity index (χ0n) is 10.3. The average Bonchev–Trinajstić information content (AvgIpc) is 2.46. The van der Waals surface area contributed by atoms with Crippen LogP contribution in [0.3, 0.4) is 0 Å². The van der Waals surface area contributed by atoms with Crippen LogP contribution in [0.1, 0.15) is 11.3 Å². The molecule has 0 amide bonds. The molecule has 0 N–H and O–H groups in total. The maximum atomic E-state index is 13.9. The van der Waals surface area contributed by atoms with Crippen LogP contribution < -0.4 is 0 Å². The third kappa shape index (κ3) is 2.52. The molecule has 0 aliphatic heterocycles. The second-order valence-electron chi connectivity index (χ2n) is 4.29. The van der Waals surface area contributed by atoms with Gasteiger partial charge in [-0.3, -0.25) is 0 Å². The predicted octanol–water partition coefficient (Wildman–Crippen LogP) is 4.54. The molecule has 1 heterocycles. The van der Waals surface area contributed by atoms with E-state index in [9.17, 15) is 4.39 Å². The lowest BCUT2D eigenvalue weighted by Gasteiger charge is -2.00. The van der Waals surface area contributed by atoms with Gasteiger partial charge in [0.25, 0.3) is 0 Å². The molecular weight excluding hydrogens is 237 g/mol. The highest BCUT2D eigenvalue weighted by atomic mass is 19.1. The maximum Gasteiger partial charge on any atom is 0.149 e. The molecule has 1 aromatic heterocycles. The zero-order valence-corrected chi connectivity index (χ0v) is 10.3. The summed E-state index contributed by atoms with van der Waals surface area (Å²) in [6, 6.07) is 18.8. The summed E-state index contributed by atoms with van der Waals surface area (Å²) >= 11 is 0. The lowest BCUT2D eigenvalue weighted by Crippen LogP contribution is -1.89. The van der Waals surface area contributed by atoms with Crippen molar-refractivity contribution in [2.45, 2.75) is 0 Å². The van der Waals surface area contributed by atoms with E-state index in [0.29, 0.717) is 5.69 Å². The predicted molar refractivity (Wildman–Crippen MR) is 77.1 cm³/mol. The van der Waals surface area contributed by atoms with Crippen molar-refractivity contribution < 1.29 is 4.39 Å². The zero-order chi connectivity index (χ0) is 13.1. The Morgan fingerprint density at radius 1 is 0.842 bits per heavy atom. The Kier molecular flexibility index (Phi) is 3.07. The Morgan fingerprint density at radius 3 is 2.42 bits per heavy atom. The maximum absolute atomic E-state index is 13.9. The number of benzene rings is 2. The molecule has 0 fully saturated rings. The molecular formula is C17H12FN. The number of rotatable bonds is 2. The van der Waals surface area contributed by atoms with E-state index in [1.165, 1.54) is 6.07 Å². The van der Waals surface area contributed by atoms with E-state index in [1.54, 1.807) is 6.08 Å². The second kappa shape index (κ2) is 5.02. The van der Waals surface area contributed by atoms with Gasteiger partial charge in [0.1, 0.15) is 5.82 Å². The molecule has 19 heavy (non-hydrogen) atoms. The molecule has 0 radical (unpaired) electrons. The fourth-order valence-electron chi connectivity index (χ4n) is 1.96. The summed E-state index contributed by atoms with van der Waals surface area (Å²) in [5.41, 5.74) is 2.19. The standard InChI is InChI=1S/C17H12FN/c18-15-12-14-8-4-5-9-16(14)19-17(15)11-10-13-6-2-1-3-7-13/h1-12H/b11-10+. The molecule has 3 rings (SSSR count). The van der Waals surface area contributed by atoms with Gasteiger partial charge in [0.15, 0.2) is 0 Å². The van der Waals surface area contributed by atoms with Gasteiger partial charge in [0.2, 0.25) is 0 Å². The first kappa shape index (κ1) is 11.6. The quantitative estimate of drug-likeness (QED) is 0.649. The Hall–Kier alpha value is -2.48. The number of fused-ring (bicyclic) bond motifs is 1. The van der Waals surface area contributed by atoms with Crippen LogP contribution in [-0.4, -0.2) is 4.98 Å². The largest absolute Gasteiger partial charge is 0.245 e. The highest BCUT2D eigenvalue weighted by molar-refractivity contribution is 5.81. The van der Waals surface area contributed by atoms with Gasteiger partial charge < -0.3 is 0 Å². The van der Waals surface area contributed by atoms with Gasteiger partial charge in [-0.05, 0) is 23.8 Å². The van der Waals surface area contributed by atoms with E-state index < -0.39 is 0 Å². The highest BCUT2D eigenvalue weighted by Crippen LogP contribution is 2.17. The molecule has 0 bridgehead atoms. The molecule has 0 spiro atoms. The van der Waals surface area contributed by atoms with Crippen molar-refractivity contribution in [2.75, 3.05) is 0 Å². The molecule has 3 aromatic rings. The highest BCUT2D eigenvalue weighted by Gasteiger charge is 2.03. The summed E-state index contributed by atoms with van der Waals surface area (Å²) in [5.74, 6) is -0.300. The molecule has 0 aliphatic rings. The molecule has 0 saturated carbocycles. The van der Waals surface area contributed by atoms with Crippen LogP contribution in [0.2, 0.25) is 0 Å². The lowest BCUT2D eigenvalue weighted by atomic mass is 10.1. The SMILES string of the molecule is Fc1cc2ccccc2nc1/C=C/c1ccccc1. The Labute approximate surface area is 111 Å². The number of halogens is 1. The van der Waals surface area contributed by atoms with Gasteiger partial charge in [-0.1, -0.05) is 54.6 Å². The first-order valence-corrected chi connectivity index (χ1v) is 6.11. The Bertz CT molecular complexity index is 733. The molecule has 0 unspecified atom stereocenters. The third-order valence-corrected chi connectivity index (χ3v) is 2.94. The third-order valence-electron chi connectivity index (χ3n) is 2.94.